The lowest BCUT2D eigenvalue weighted by Crippen LogP contribution is -2.01. The Hall–Kier alpha value is -6.72. The van der Waals surface area contributed by atoms with E-state index in [9.17, 15) is 0 Å². The van der Waals surface area contributed by atoms with Gasteiger partial charge in [-0.2, -0.15) is 0 Å². The van der Waals surface area contributed by atoms with E-state index in [1.54, 1.807) is 12.4 Å². The van der Waals surface area contributed by atoms with E-state index in [4.69, 9.17) is 9.97 Å². The molecule has 0 N–H and O–H groups in total. The van der Waals surface area contributed by atoms with Crippen molar-refractivity contribution in [3.8, 4) is 62.0 Å². The Morgan fingerprint density at radius 2 is 0.980 bits per heavy atom. The molecule has 0 fully saturated rings. The zero-order valence-corrected chi connectivity index (χ0v) is 26.5. The third-order valence-electron chi connectivity index (χ3n) is 9.00. The van der Waals surface area contributed by atoms with Crippen LogP contribution in [0.1, 0.15) is 0 Å². The van der Waals surface area contributed by atoms with Crippen LogP contribution in [0, 0.1) is 0 Å². The number of benzene rings is 4. The average Bonchev–Trinajstić information content (AvgIpc) is 3.52. The van der Waals surface area contributed by atoms with E-state index in [1.807, 2.05) is 42.7 Å². The van der Waals surface area contributed by atoms with E-state index in [1.165, 1.54) is 5.56 Å². The molecule has 0 aliphatic rings. The van der Waals surface area contributed by atoms with Crippen molar-refractivity contribution in [2.45, 2.75) is 0 Å². The molecule has 0 unspecified atom stereocenters. The molecule has 5 heterocycles. The first kappa shape index (κ1) is 28.5. The van der Waals surface area contributed by atoms with Crippen molar-refractivity contribution in [2.24, 2.45) is 0 Å². The Balaban J connectivity index is 1.31. The summed E-state index contributed by atoms with van der Waals surface area (Å²) in [6.07, 6.45) is 7.22. The molecule has 5 nitrogen and oxygen atoms in total. The minimum absolute atomic E-state index is 0.855. The first-order chi connectivity index (χ1) is 24.3. The summed E-state index contributed by atoms with van der Waals surface area (Å²) in [5, 5.41) is 3.45. The van der Waals surface area contributed by atoms with Crippen molar-refractivity contribution in [1.29, 1.82) is 0 Å². The van der Waals surface area contributed by atoms with Crippen LogP contribution in [-0.2, 0) is 0 Å². The summed E-state index contributed by atoms with van der Waals surface area (Å²) in [6, 6.07) is 53.0. The average molecular weight is 628 g/mol. The largest absolute Gasteiger partial charge is 0.293 e. The van der Waals surface area contributed by atoms with Crippen LogP contribution in [0.5, 0.6) is 0 Å². The minimum Gasteiger partial charge on any atom is -0.293 e. The molecule has 0 aliphatic heterocycles. The number of pyridine rings is 4. The molecule has 0 atom stereocenters. The smallest absolute Gasteiger partial charge is 0.138 e. The summed E-state index contributed by atoms with van der Waals surface area (Å²) in [6.45, 7) is 0. The summed E-state index contributed by atoms with van der Waals surface area (Å²) in [7, 11) is 0. The molecule has 0 bridgehead atoms. The second-order valence-corrected chi connectivity index (χ2v) is 12.0. The molecule has 9 rings (SSSR count). The van der Waals surface area contributed by atoms with Gasteiger partial charge >= 0.3 is 0 Å². The molecule has 0 radical (unpaired) electrons. The molecule has 230 valence electrons. The molecular formula is C44H29N5. The van der Waals surface area contributed by atoms with Crippen molar-refractivity contribution in [3.05, 3.63) is 176 Å². The molecular weight excluding hydrogens is 599 g/mol. The summed E-state index contributed by atoms with van der Waals surface area (Å²) >= 11 is 0. The topological polar surface area (TPSA) is 56.5 Å². The number of hydrogen-bond acceptors (Lipinski definition) is 4. The summed E-state index contributed by atoms with van der Waals surface area (Å²) in [5.41, 5.74) is 11.5. The van der Waals surface area contributed by atoms with Crippen LogP contribution in [-0.4, -0.2) is 24.5 Å². The van der Waals surface area contributed by atoms with Gasteiger partial charge in [0.25, 0.3) is 0 Å². The van der Waals surface area contributed by atoms with Crippen molar-refractivity contribution in [1.82, 2.24) is 24.5 Å². The predicted molar refractivity (Wildman–Crippen MR) is 199 cm³/mol. The Kier molecular flexibility index (Phi) is 7.06. The quantitative estimate of drug-likeness (QED) is 0.184. The predicted octanol–water partition coefficient (Wildman–Crippen LogP) is 10.7. The van der Waals surface area contributed by atoms with Gasteiger partial charge in [0.05, 0.1) is 28.3 Å². The van der Waals surface area contributed by atoms with Gasteiger partial charge in [-0.05, 0) is 88.6 Å². The van der Waals surface area contributed by atoms with Gasteiger partial charge < -0.3 is 0 Å². The fraction of sp³-hybridized carbons (Fsp3) is 0. The molecule has 0 spiro atoms. The molecule has 4 aromatic carbocycles. The summed E-state index contributed by atoms with van der Waals surface area (Å²) < 4.78 is 2.32. The molecule has 9 aromatic rings. The van der Waals surface area contributed by atoms with Crippen LogP contribution in [0.3, 0.4) is 0 Å². The van der Waals surface area contributed by atoms with E-state index < -0.39 is 0 Å². The lowest BCUT2D eigenvalue weighted by molar-refractivity contribution is 1.05. The van der Waals surface area contributed by atoms with E-state index in [0.29, 0.717) is 0 Å². The highest BCUT2D eigenvalue weighted by Gasteiger charge is 2.23. The molecule has 5 heteroatoms. The van der Waals surface area contributed by atoms with E-state index in [0.717, 1.165) is 78.1 Å². The molecule has 5 aromatic heterocycles. The minimum atomic E-state index is 0.855. The van der Waals surface area contributed by atoms with Crippen LogP contribution < -0.4 is 0 Å². The maximum atomic E-state index is 5.25. The number of rotatable bonds is 6. The zero-order chi connectivity index (χ0) is 32.6. The van der Waals surface area contributed by atoms with E-state index >= 15 is 0 Å². The van der Waals surface area contributed by atoms with Gasteiger partial charge in [-0.1, -0.05) is 84.9 Å². The molecule has 0 saturated carbocycles. The van der Waals surface area contributed by atoms with Crippen molar-refractivity contribution in [2.75, 3.05) is 0 Å². The molecule has 0 aliphatic carbocycles. The standard InChI is InChI=1S/C44H29N5/c1-3-9-32(10-4-1)43-37-28-36-27-35(40-14-7-13-38(47-40)30-19-23-45-24-20-30)18-17-34(36)29-41(37)49(44(43)33-11-5-2-6-12-33)42-16-8-15-39(48-42)31-21-25-46-26-22-31/h1-29H. The lowest BCUT2D eigenvalue weighted by atomic mass is 9.96. The molecule has 0 amide bonds. The zero-order valence-electron chi connectivity index (χ0n) is 26.5. The Bertz CT molecular complexity index is 2580. The highest BCUT2D eigenvalue weighted by atomic mass is 15.1. The Labute approximate surface area is 283 Å². The molecule has 0 saturated heterocycles. The highest BCUT2D eigenvalue weighted by molar-refractivity contribution is 6.11. The normalized spacial score (nSPS) is 11.3. The van der Waals surface area contributed by atoms with Crippen molar-refractivity contribution >= 4 is 21.7 Å². The van der Waals surface area contributed by atoms with Crippen LogP contribution in [0.25, 0.3) is 83.6 Å². The first-order valence-corrected chi connectivity index (χ1v) is 16.3. The van der Waals surface area contributed by atoms with Crippen LogP contribution in [0.4, 0.5) is 0 Å². The van der Waals surface area contributed by atoms with Crippen LogP contribution >= 0.6 is 0 Å². The Morgan fingerprint density at radius 3 is 1.65 bits per heavy atom. The van der Waals surface area contributed by atoms with Gasteiger partial charge in [-0.15, -0.1) is 0 Å². The molecule has 49 heavy (non-hydrogen) atoms. The monoisotopic (exact) mass is 627 g/mol. The van der Waals surface area contributed by atoms with Gasteiger partial charge in [0.15, 0.2) is 0 Å². The maximum Gasteiger partial charge on any atom is 0.138 e. The van der Waals surface area contributed by atoms with Crippen LogP contribution in [0.15, 0.2) is 176 Å². The van der Waals surface area contributed by atoms with Crippen LogP contribution in [0.2, 0.25) is 0 Å². The van der Waals surface area contributed by atoms with Gasteiger partial charge in [0.1, 0.15) is 5.82 Å². The summed E-state index contributed by atoms with van der Waals surface area (Å²) in [5.74, 6) is 0.855. The van der Waals surface area contributed by atoms with Crippen molar-refractivity contribution < 1.29 is 0 Å². The Morgan fingerprint density at radius 1 is 0.388 bits per heavy atom. The van der Waals surface area contributed by atoms with Gasteiger partial charge in [-0.25, -0.2) is 9.97 Å². The first-order valence-electron chi connectivity index (χ1n) is 16.3. The highest BCUT2D eigenvalue weighted by Crippen LogP contribution is 2.44. The number of hydrogen-bond donors (Lipinski definition) is 0. The second kappa shape index (κ2) is 12.1. The van der Waals surface area contributed by atoms with Crippen molar-refractivity contribution in [3.63, 3.8) is 0 Å². The number of nitrogens with zero attached hydrogens (tertiary/aromatic N) is 5. The van der Waals surface area contributed by atoms with E-state index in [-0.39, 0.29) is 0 Å². The van der Waals surface area contributed by atoms with Gasteiger partial charge in [0, 0.05) is 52.4 Å². The number of fused-ring (bicyclic) bond motifs is 2. The maximum absolute atomic E-state index is 5.25. The second-order valence-electron chi connectivity index (χ2n) is 12.0. The van der Waals surface area contributed by atoms with E-state index in [2.05, 4.69) is 136 Å². The number of aromatic nitrogens is 5. The van der Waals surface area contributed by atoms with Gasteiger partial charge in [0.2, 0.25) is 0 Å². The third-order valence-corrected chi connectivity index (χ3v) is 9.00. The lowest BCUT2D eigenvalue weighted by Gasteiger charge is -2.14. The SMILES string of the molecule is c1ccc(-c2c(-c3ccccc3)n(-c3cccc(-c4ccncc4)n3)c3cc4ccc(-c5cccc(-c6ccncc6)n5)cc4cc23)cc1. The van der Waals surface area contributed by atoms with Gasteiger partial charge in [-0.3, -0.25) is 14.5 Å². The fourth-order valence-corrected chi connectivity index (χ4v) is 6.70. The third kappa shape index (κ3) is 5.24. The summed E-state index contributed by atoms with van der Waals surface area (Å²) in [4.78, 5) is 18.7. The fourth-order valence-electron chi connectivity index (χ4n) is 6.70.